The van der Waals surface area contributed by atoms with Crippen molar-refractivity contribution in [2.24, 2.45) is 0 Å². The molecule has 0 saturated carbocycles. The molecule has 0 aliphatic heterocycles. The molecule has 15 heteroatoms. The standard InChI is InChI=1S/C15H10Cl2N2O2.2C6H12O2.2ClH.2H3N.Pt/c16-10-6-5-9(12(17)7-10)8-19-13-4-2-1-3-11(13)14(18-19)15(20)21;2*1-2-3-4-5-6(7)8;;;;;/h1-7H,8H2,(H,20,21);2*2-5H2,1H3,(H,7,8);2*1H;2*1H3;/q;;;;;;;+4/p-4. The summed E-state index contributed by atoms with van der Waals surface area (Å²) >= 11 is 11.6. The number of carboxylic acids is 3. The van der Waals surface area contributed by atoms with Crippen molar-refractivity contribution in [3.8, 4) is 0 Å². The summed E-state index contributed by atoms with van der Waals surface area (Å²) in [5.41, 5.74) is 1.61. The normalized spacial score (nSPS) is 9.48. The van der Waals surface area contributed by atoms with E-state index < -0.39 is 34.4 Å². The molecular formula is C27H38Cl4N4O6Pt. The van der Waals surface area contributed by atoms with E-state index in [1.165, 1.54) is 0 Å². The SMILES string of the molecule is CCCCCC(=O)[O-].CCCCCC(=O)[O-].N.N.O=C(O)c1nn(Cc2ccc(Cl)cc2Cl)c2ccccc12.[Cl][Pt+2][Cl]. The molecule has 0 unspecified atom stereocenters. The van der Waals surface area contributed by atoms with Crippen LogP contribution in [0.2, 0.25) is 10.0 Å². The third-order valence-electron chi connectivity index (χ3n) is 5.16. The van der Waals surface area contributed by atoms with Crippen LogP contribution in [0.3, 0.4) is 0 Å². The summed E-state index contributed by atoms with van der Waals surface area (Å²) in [6, 6.07) is 12.4. The Bertz CT molecular complexity index is 1180. The van der Waals surface area contributed by atoms with Crippen molar-refractivity contribution in [2.45, 2.75) is 71.8 Å². The minimum absolute atomic E-state index is 0. The van der Waals surface area contributed by atoms with Gasteiger partial charge in [-0.3, -0.25) is 4.68 Å². The van der Waals surface area contributed by atoms with E-state index in [1.807, 2.05) is 32.0 Å². The first-order chi connectivity index (χ1) is 19.0. The van der Waals surface area contributed by atoms with Gasteiger partial charge in [-0.05, 0) is 49.4 Å². The molecule has 3 aromatic rings. The third kappa shape index (κ3) is 19.3. The monoisotopic (exact) mass is 849 g/mol. The Labute approximate surface area is 273 Å². The van der Waals surface area contributed by atoms with E-state index in [4.69, 9.17) is 42.0 Å². The number of para-hydroxylation sites is 1. The van der Waals surface area contributed by atoms with Gasteiger partial charge in [0.1, 0.15) is 0 Å². The second kappa shape index (κ2) is 26.7. The second-order valence-corrected chi connectivity index (χ2v) is 12.4. The van der Waals surface area contributed by atoms with Gasteiger partial charge in [0.25, 0.3) is 0 Å². The van der Waals surface area contributed by atoms with E-state index in [1.54, 1.807) is 28.9 Å². The van der Waals surface area contributed by atoms with Crippen LogP contribution in [-0.4, -0.2) is 32.8 Å². The molecule has 42 heavy (non-hydrogen) atoms. The van der Waals surface area contributed by atoms with E-state index in [0.717, 1.165) is 49.6 Å². The molecule has 0 aliphatic rings. The summed E-state index contributed by atoms with van der Waals surface area (Å²) < 4.78 is 1.63. The molecule has 0 atom stereocenters. The molecule has 0 radical (unpaired) electrons. The third-order valence-corrected chi connectivity index (χ3v) is 5.75. The molecule has 7 N–H and O–H groups in total. The first-order valence-corrected chi connectivity index (χ1v) is 18.8. The van der Waals surface area contributed by atoms with E-state index >= 15 is 0 Å². The topological polar surface area (TPSA) is 205 Å². The van der Waals surface area contributed by atoms with Gasteiger partial charge in [0.05, 0.1) is 12.1 Å². The fourth-order valence-corrected chi connectivity index (χ4v) is 3.72. The number of carbonyl (C=O) groups is 3. The number of rotatable bonds is 11. The van der Waals surface area contributed by atoms with Crippen LogP contribution < -0.4 is 22.5 Å². The number of hydrogen-bond donors (Lipinski definition) is 3. The first-order valence-electron chi connectivity index (χ1n) is 12.4. The van der Waals surface area contributed by atoms with Crippen LogP contribution in [0.5, 0.6) is 0 Å². The molecule has 3 rings (SSSR count). The second-order valence-electron chi connectivity index (χ2n) is 8.27. The number of hydrogen-bond acceptors (Lipinski definition) is 8. The van der Waals surface area contributed by atoms with Crippen LogP contribution in [0.1, 0.15) is 81.3 Å². The Morgan fingerprint density at radius 3 is 1.81 bits per heavy atom. The van der Waals surface area contributed by atoms with Gasteiger partial charge in [0, 0.05) is 27.4 Å². The molecule has 10 nitrogen and oxygen atoms in total. The number of unbranched alkanes of at least 4 members (excludes halogenated alkanes) is 4. The molecule has 1 aromatic heterocycles. The van der Waals surface area contributed by atoms with E-state index in [0.29, 0.717) is 22.0 Å². The molecule has 0 aliphatic carbocycles. The summed E-state index contributed by atoms with van der Waals surface area (Å²) in [4.78, 5) is 30.8. The van der Waals surface area contributed by atoms with Crippen LogP contribution in [-0.2, 0) is 32.6 Å². The molecule has 0 bridgehead atoms. The number of carbonyl (C=O) groups excluding carboxylic acids is 2. The summed E-state index contributed by atoms with van der Waals surface area (Å²) in [6.45, 7) is 4.45. The Morgan fingerprint density at radius 2 is 1.38 bits per heavy atom. The van der Waals surface area contributed by atoms with Crippen LogP contribution in [0.4, 0.5) is 0 Å². The molecule has 1 heterocycles. The Hall–Kier alpha value is -1.91. The van der Waals surface area contributed by atoms with Crippen LogP contribution in [0.15, 0.2) is 42.5 Å². The van der Waals surface area contributed by atoms with Crippen molar-refractivity contribution in [2.75, 3.05) is 0 Å². The fraction of sp³-hybridized carbons (Fsp3) is 0.407. The quantitative estimate of drug-likeness (QED) is 0.182. The van der Waals surface area contributed by atoms with Gasteiger partial charge < -0.3 is 37.2 Å². The van der Waals surface area contributed by atoms with Gasteiger partial charge in [-0.2, -0.15) is 5.10 Å². The van der Waals surface area contributed by atoms with Crippen molar-refractivity contribution >= 4 is 70.8 Å². The maximum absolute atomic E-state index is 11.3. The average Bonchev–Trinajstić information content (AvgIpc) is 3.26. The zero-order chi connectivity index (χ0) is 30.5. The fourth-order valence-electron chi connectivity index (χ4n) is 3.26. The first kappa shape index (κ1) is 44.5. The number of aromatic carboxylic acids is 1. The molecule has 2 aromatic carbocycles. The number of aromatic nitrogens is 2. The summed E-state index contributed by atoms with van der Waals surface area (Å²) in [5.74, 6) is -2.91. The minimum atomic E-state index is -1.05. The van der Waals surface area contributed by atoms with E-state index in [-0.39, 0.29) is 30.8 Å². The van der Waals surface area contributed by atoms with Crippen LogP contribution in [0.25, 0.3) is 10.9 Å². The number of carboxylic acid groups (broad SMARTS) is 3. The van der Waals surface area contributed by atoms with Gasteiger partial charge in [-0.25, -0.2) is 4.79 Å². The maximum atomic E-state index is 11.3. The zero-order valence-corrected chi connectivity index (χ0v) is 28.8. The predicted molar refractivity (Wildman–Crippen MR) is 162 cm³/mol. The molecular weight excluding hydrogens is 813 g/mol. The summed E-state index contributed by atoms with van der Waals surface area (Å²) in [6.07, 6.45) is 6.07. The number of fused-ring (bicyclic) bond motifs is 1. The molecule has 0 fully saturated rings. The number of benzene rings is 2. The molecule has 0 amide bonds. The van der Waals surface area contributed by atoms with Gasteiger partial charge in [-0.15, -0.1) is 0 Å². The van der Waals surface area contributed by atoms with Crippen LogP contribution in [0, 0.1) is 0 Å². The van der Waals surface area contributed by atoms with E-state index in [2.05, 4.69) is 5.10 Å². The van der Waals surface area contributed by atoms with Crippen molar-refractivity contribution in [1.82, 2.24) is 22.1 Å². The van der Waals surface area contributed by atoms with Crippen molar-refractivity contribution in [3.05, 3.63) is 63.8 Å². The van der Waals surface area contributed by atoms with Crippen molar-refractivity contribution in [1.29, 1.82) is 0 Å². The van der Waals surface area contributed by atoms with Crippen molar-refractivity contribution < 1.29 is 46.2 Å². The zero-order valence-electron chi connectivity index (χ0n) is 23.5. The summed E-state index contributed by atoms with van der Waals surface area (Å²) in [5, 5.41) is 34.6. The number of halogens is 4. The molecule has 240 valence electrons. The number of nitrogens with zero attached hydrogens (tertiary/aromatic N) is 2. The van der Waals surface area contributed by atoms with Gasteiger partial charge in [0.2, 0.25) is 0 Å². The average molecular weight is 852 g/mol. The van der Waals surface area contributed by atoms with Crippen molar-refractivity contribution in [3.63, 3.8) is 0 Å². The predicted octanol–water partition coefficient (Wildman–Crippen LogP) is 6.42. The summed E-state index contributed by atoms with van der Waals surface area (Å²) in [7, 11) is 9.75. The number of aliphatic carboxylic acids is 2. The Morgan fingerprint density at radius 1 is 0.881 bits per heavy atom. The van der Waals surface area contributed by atoms with Crippen LogP contribution >= 0.6 is 42.0 Å². The molecule has 0 spiro atoms. The van der Waals surface area contributed by atoms with Gasteiger partial charge in [-0.1, -0.05) is 87.0 Å². The molecule has 0 saturated heterocycles. The Kier molecular flexibility index (Phi) is 28.3. The van der Waals surface area contributed by atoms with E-state index in [9.17, 15) is 29.7 Å². The Balaban J connectivity index is -0.000000608. The van der Waals surface area contributed by atoms with Gasteiger partial charge in [0.15, 0.2) is 5.69 Å². The van der Waals surface area contributed by atoms with Gasteiger partial charge >= 0.3 is 41.3 Å².